The second-order valence-corrected chi connectivity index (χ2v) is 18.9. The van der Waals surface area contributed by atoms with E-state index in [1.165, 1.54) is 87.0 Å². The van der Waals surface area contributed by atoms with E-state index in [4.69, 9.17) is 4.42 Å². The molecule has 4 aliphatic rings. The average Bonchev–Trinajstić information content (AvgIpc) is 3.97. The largest absolute Gasteiger partial charge is 0.460 e. The highest BCUT2D eigenvalue weighted by Gasteiger charge is 2.58. The Balaban J connectivity index is 0.961. The van der Waals surface area contributed by atoms with Gasteiger partial charge in [-0.3, -0.25) is 0 Å². The number of hydrogen-bond acceptors (Lipinski definition) is 3. The molecule has 292 valence electrons. The summed E-state index contributed by atoms with van der Waals surface area (Å²) >= 11 is 1.89. The Bertz CT molecular complexity index is 3300. The first-order valence-electron chi connectivity index (χ1n) is 21.7. The predicted molar refractivity (Wildman–Crippen MR) is 255 cm³/mol. The monoisotopic (exact) mass is 801 g/mol. The number of hydrogen-bond donors (Lipinski definition) is 0. The summed E-state index contributed by atoms with van der Waals surface area (Å²) in [5.41, 5.74) is 15.2. The van der Waals surface area contributed by atoms with Gasteiger partial charge in [-0.1, -0.05) is 172 Å². The molecule has 13 rings (SSSR count). The number of anilines is 2. The Kier molecular flexibility index (Phi) is 7.43. The maximum atomic E-state index is 6.55. The smallest absolute Gasteiger partial charge is 0.134 e. The minimum absolute atomic E-state index is 0.0646. The van der Waals surface area contributed by atoms with Crippen molar-refractivity contribution in [2.75, 3.05) is 4.90 Å². The Hall–Kier alpha value is -6.68. The first-order chi connectivity index (χ1) is 30.0. The molecule has 2 nitrogen and oxygen atoms in total. The summed E-state index contributed by atoms with van der Waals surface area (Å²) in [6, 6.07) is 59.4. The van der Waals surface area contributed by atoms with E-state index in [2.05, 4.69) is 213 Å². The maximum Gasteiger partial charge on any atom is 0.134 e. The lowest BCUT2D eigenvalue weighted by Gasteiger charge is -2.49. The van der Waals surface area contributed by atoms with Crippen LogP contribution in [0.15, 0.2) is 193 Å². The molecule has 7 aromatic carbocycles. The van der Waals surface area contributed by atoms with Crippen LogP contribution in [-0.4, -0.2) is 6.04 Å². The van der Waals surface area contributed by atoms with Crippen LogP contribution in [0.5, 0.6) is 0 Å². The number of rotatable bonds is 4. The van der Waals surface area contributed by atoms with Gasteiger partial charge in [0.15, 0.2) is 0 Å². The van der Waals surface area contributed by atoms with E-state index >= 15 is 0 Å². The summed E-state index contributed by atoms with van der Waals surface area (Å²) in [7, 11) is 0. The first-order valence-corrected chi connectivity index (χ1v) is 22.5. The Morgan fingerprint density at radius 1 is 0.590 bits per heavy atom. The van der Waals surface area contributed by atoms with Crippen LogP contribution >= 0.6 is 11.3 Å². The van der Waals surface area contributed by atoms with Crippen LogP contribution in [0.25, 0.3) is 48.3 Å². The van der Waals surface area contributed by atoms with Crippen molar-refractivity contribution in [2.24, 2.45) is 5.92 Å². The van der Waals surface area contributed by atoms with Crippen LogP contribution < -0.4 is 4.90 Å². The van der Waals surface area contributed by atoms with Gasteiger partial charge in [-0.05, 0) is 80.9 Å². The summed E-state index contributed by atoms with van der Waals surface area (Å²) in [4.78, 5) is 2.55. The van der Waals surface area contributed by atoms with Gasteiger partial charge in [0.2, 0.25) is 0 Å². The van der Waals surface area contributed by atoms with Gasteiger partial charge in [-0.25, -0.2) is 0 Å². The number of nitrogens with zero attached hydrogens (tertiary/aromatic N) is 1. The number of benzene rings is 7. The van der Waals surface area contributed by atoms with Gasteiger partial charge in [0, 0.05) is 55.8 Å². The molecule has 4 aliphatic carbocycles. The molecule has 0 radical (unpaired) electrons. The summed E-state index contributed by atoms with van der Waals surface area (Å²) in [5, 5.41) is 3.79. The molecule has 61 heavy (non-hydrogen) atoms. The zero-order valence-electron chi connectivity index (χ0n) is 34.2. The van der Waals surface area contributed by atoms with Crippen molar-refractivity contribution in [2.45, 2.75) is 43.1 Å². The normalized spacial score (nSPS) is 19.8. The Labute approximate surface area is 360 Å². The van der Waals surface area contributed by atoms with Gasteiger partial charge >= 0.3 is 0 Å². The molecular formula is C58H43NOS. The van der Waals surface area contributed by atoms with Crippen molar-refractivity contribution in [1.82, 2.24) is 0 Å². The molecule has 3 unspecified atom stereocenters. The molecule has 0 fully saturated rings. The van der Waals surface area contributed by atoms with Crippen molar-refractivity contribution in [1.29, 1.82) is 0 Å². The highest BCUT2D eigenvalue weighted by molar-refractivity contribution is 7.26. The standard InChI is InChI=1S/C58H43NOS/c1-57(2)47-19-7-9-21-49(47)58(50-22-10-8-20-48(50)57)46-18-6-3-14-40(46)41-32-28-37(34-51(41)58)36-26-29-38(30-27-36)59(39-31-33-43-42-15-4-11-24-53(42)60-54(43)35-39)52-23-13-17-45-44-16-5-12-25-55(44)61-56(45)52/h3-34,39-40,46H,35H2,1-2H3. The third kappa shape index (κ3) is 4.84. The molecule has 2 aromatic heterocycles. The zero-order chi connectivity index (χ0) is 40.5. The summed E-state index contributed by atoms with van der Waals surface area (Å²) < 4.78 is 9.16. The van der Waals surface area contributed by atoms with E-state index in [1.807, 2.05) is 11.3 Å². The second kappa shape index (κ2) is 12.9. The quantitative estimate of drug-likeness (QED) is 0.176. The highest BCUT2D eigenvalue weighted by atomic mass is 32.1. The third-order valence-corrected chi connectivity index (χ3v) is 15.8. The van der Waals surface area contributed by atoms with Crippen molar-refractivity contribution >= 4 is 59.9 Å². The van der Waals surface area contributed by atoms with Gasteiger partial charge in [0.1, 0.15) is 11.3 Å². The number of allylic oxidation sites excluding steroid dienone is 4. The molecule has 0 bridgehead atoms. The molecule has 1 spiro atoms. The van der Waals surface area contributed by atoms with Gasteiger partial charge in [-0.15, -0.1) is 11.3 Å². The van der Waals surface area contributed by atoms with Crippen LogP contribution in [-0.2, 0) is 17.3 Å². The van der Waals surface area contributed by atoms with E-state index in [1.54, 1.807) is 0 Å². The second-order valence-electron chi connectivity index (χ2n) is 17.9. The van der Waals surface area contributed by atoms with Crippen molar-refractivity contribution in [3.05, 3.63) is 233 Å². The number of furan rings is 1. The van der Waals surface area contributed by atoms with Crippen LogP contribution in [0.1, 0.15) is 64.5 Å². The summed E-state index contributed by atoms with van der Waals surface area (Å²) in [6.07, 6.45) is 14.9. The Morgan fingerprint density at radius 3 is 2.07 bits per heavy atom. The molecular weight excluding hydrogens is 759 g/mol. The molecule has 9 aromatic rings. The summed E-state index contributed by atoms with van der Waals surface area (Å²) in [6.45, 7) is 4.81. The van der Waals surface area contributed by atoms with E-state index in [-0.39, 0.29) is 22.8 Å². The van der Waals surface area contributed by atoms with E-state index < -0.39 is 0 Å². The minimum atomic E-state index is -0.303. The highest BCUT2D eigenvalue weighted by Crippen LogP contribution is 2.64. The van der Waals surface area contributed by atoms with Gasteiger partial charge in [0.25, 0.3) is 0 Å². The Morgan fingerprint density at radius 2 is 1.26 bits per heavy atom. The number of thiophene rings is 1. The molecule has 3 atom stereocenters. The fraction of sp³-hybridized carbons (Fsp3) is 0.138. The van der Waals surface area contributed by atoms with Crippen LogP contribution in [0.4, 0.5) is 11.4 Å². The average molecular weight is 802 g/mol. The molecule has 0 saturated carbocycles. The zero-order valence-corrected chi connectivity index (χ0v) is 35.0. The number of fused-ring (bicyclic) bond motifs is 15. The molecule has 0 aliphatic heterocycles. The first kappa shape index (κ1) is 35.1. The van der Waals surface area contributed by atoms with Crippen molar-refractivity contribution in [3.8, 4) is 11.1 Å². The fourth-order valence-corrected chi connectivity index (χ4v) is 13.1. The maximum absolute atomic E-state index is 6.55. The number of para-hydroxylation sites is 1. The lowest BCUT2D eigenvalue weighted by Crippen LogP contribution is -2.44. The van der Waals surface area contributed by atoms with E-state index in [0.717, 1.165) is 17.8 Å². The fourth-order valence-electron chi connectivity index (χ4n) is 11.9. The molecule has 0 saturated heterocycles. The van der Waals surface area contributed by atoms with Crippen LogP contribution in [0, 0.1) is 5.92 Å². The van der Waals surface area contributed by atoms with Crippen LogP contribution in [0.2, 0.25) is 0 Å². The van der Waals surface area contributed by atoms with Crippen molar-refractivity contribution in [3.63, 3.8) is 0 Å². The molecule has 0 amide bonds. The topological polar surface area (TPSA) is 16.4 Å². The molecule has 3 heteroatoms. The summed E-state index contributed by atoms with van der Waals surface area (Å²) in [5.74, 6) is 1.63. The van der Waals surface area contributed by atoms with E-state index in [0.29, 0.717) is 5.92 Å². The predicted octanol–water partition coefficient (Wildman–Crippen LogP) is 15.1. The molecule has 0 N–H and O–H groups in total. The van der Waals surface area contributed by atoms with Crippen LogP contribution in [0.3, 0.4) is 0 Å². The third-order valence-electron chi connectivity index (χ3n) is 14.6. The van der Waals surface area contributed by atoms with Gasteiger partial charge in [-0.2, -0.15) is 0 Å². The molecule has 2 heterocycles. The minimum Gasteiger partial charge on any atom is -0.460 e. The van der Waals surface area contributed by atoms with Gasteiger partial charge < -0.3 is 9.32 Å². The van der Waals surface area contributed by atoms with E-state index in [9.17, 15) is 0 Å². The lowest BCUT2D eigenvalue weighted by molar-refractivity contribution is 0.420. The SMILES string of the molecule is CC1(C)c2ccccc2C2(c3cc(-c4ccc(N(c5cccc6c5sc5ccccc56)C5C=Cc6c(oc7ccccc67)C5)cc4)ccc3C3C=CC=CC32)c2ccccc21. The van der Waals surface area contributed by atoms with Crippen molar-refractivity contribution < 1.29 is 4.42 Å². The van der Waals surface area contributed by atoms with Gasteiger partial charge in [0.05, 0.1) is 21.8 Å². The lowest BCUT2D eigenvalue weighted by atomic mass is 9.53.